The van der Waals surface area contributed by atoms with E-state index in [9.17, 15) is 0 Å². The number of aryl methyl sites for hydroxylation is 1. The van der Waals surface area contributed by atoms with Crippen LogP contribution in [0.25, 0.3) is 27.0 Å². The van der Waals surface area contributed by atoms with E-state index >= 15 is 0 Å². The number of thiazole rings is 1. The summed E-state index contributed by atoms with van der Waals surface area (Å²) in [6.45, 7) is 2.06. The fraction of sp³-hybridized carbons (Fsp3) is 0.0714. The van der Waals surface area contributed by atoms with E-state index in [1.165, 1.54) is 0 Å². The molecular formula is C14H11N3OS2. The average molecular weight is 301 g/mol. The SMILES string of the molecule is Cc1sc2nc(-c3cccs3)c(N)n2c1-c1ccco1. The van der Waals surface area contributed by atoms with Crippen molar-refractivity contribution in [3.05, 3.63) is 40.8 Å². The summed E-state index contributed by atoms with van der Waals surface area (Å²) in [5, 5.41) is 2.03. The fourth-order valence-corrected chi connectivity index (χ4v) is 4.03. The quantitative estimate of drug-likeness (QED) is 0.601. The first-order valence-corrected chi connectivity index (χ1v) is 7.80. The average Bonchev–Trinajstić information content (AvgIpc) is 3.16. The molecule has 0 aliphatic heterocycles. The van der Waals surface area contributed by atoms with Gasteiger partial charge in [-0.15, -0.1) is 22.7 Å². The van der Waals surface area contributed by atoms with Crippen LogP contribution in [0.5, 0.6) is 0 Å². The number of rotatable bonds is 2. The number of thiophene rings is 1. The molecule has 4 aromatic heterocycles. The number of hydrogen-bond donors (Lipinski definition) is 1. The highest BCUT2D eigenvalue weighted by Gasteiger charge is 2.20. The Bertz CT molecular complexity index is 870. The molecule has 0 radical (unpaired) electrons. The van der Waals surface area contributed by atoms with Gasteiger partial charge in [-0.3, -0.25) is 4.40 Å². The summed E-state index contributed by atoms with van der Waals surface area (Å²) in [7, 11) is 0. The van der Waals surface area contributed by atoms with E-state index in [1.807, 2.05) is 34.0 Å². The van der Waals surface area contributed by atoms with Crippen molar-refractivity contribution in [1.82, 2.24) is 9.38 Å². The van der Waals surface area contributed by atoms with Gasteiger partial charge in [0.25, 0.3) is 0 Å². The van der Waals surface area contributed by atoms with Gasteiger partial charge in [-0.2, -0.15) is 0 Å². The van der Waals surface area contributed by atoms with Crippen molar-refractivity contribution in [3.63, 3.8) is 0 Å². The van der Waals surface area contributed by atoms with E-state index in [1.54, 1.807) is 28.9 Å². The van der Waals surface area contributed by atoms with Crippen LogP contribution in [0.4, 0.5) is 5.82 Å². The molecule has 0 atom stereocenters. The minimum atomic E-state index is 0.665. The highest BCUT2D eigenvalue weighted by molar-refractivity contribution is 7.17. The lowest BCUT2D eigenvalue weighted by Gasteiger charge is -2.00. The maximum atomic E-state index is 6.32. The van der Waals surface area contributed by atoms with Crippen molar-refractivity contribution in [1.29, 1.82) is 0 Å². The van der Waals surface area contributed by atoms with Gasteiger partial charge >= 0.3 is 0 Å². The molecular weight excluding hydrogens is 290 g/mol. The predicted octanol–water partition coefficient (Wildman–Crippen LogP) is 4.27. The zero-order chi connectivity index (χ0) is 13.7. The first kappa shape index (κ1) is 11.7. The summed E-state index contributed by atoms with van der Waals surface area (Å²) < 4.78 is 7.51. The predicted molar refractivity (Wildman–Crippen MR) is 83.2 cm³/mol. The van der Waals surface area contributed by atoms with Crippen LogP contribution in [0.15, 0.2) is 40.3 Å². The second-order valence-corrected chi connectivity index (χ2v) is 6.55. The van der Waals surface area contributed by atoms with Crippen molar-refractivity contribution >= 4 is 33.5 Å². The first-order valence-electron chi connectivity index (χ1n) is 6.11. The Morgan fingerprint density at radius 1 is 1.30 bits per heavy atom. The van der Waals surface area contributed by atoms with Crippen LogP contribution in [0, 0.1) is 6.92 Å². The monoisotopic (exact) mass is 301 g/mol. The number of imidazole rings is 1. The molecule has 100 valence electrons. The van der Waals surface area contributed by atoms with Gasteiger partial charge in [-0.05, 0) is 30.5 Å². The lowest BCUT2D eigenvalue weighted by atomic mass is 10.3. The maximum absolute atomic E-state index is 6.32. The molecule has 20 heavy (non-hydrogen) atoms. The van der Waals surface area contributed by atoms with Crippen molar-refractivity contribution in [2.24, 2.45) is 0 Å². The Morgan fingerprint density at radius 3 is 2.90 bits per heavy atom. The molecule has 0 saturated carbocycles. The van der Waals surface area contributed by atoms with Gasteiger partial charge in [0.2, 0.25) is 0 Å². The Labute approximate surface area is 123 Å². The molecule has 0 amide bonds. The zero-order valence-electron chi connectivity index (χ0n) is 10.7. The zero-order valence-corrected chi connectivity index (χ0v) is 12.3. The van der Waals surface area contributed by atoms with Crippen molar-refractivity contribution < 1.29 is 4.42 Å². The van der Waals surface area contributed by atoms with Crippen LogP contribution in [0.3, 0.4) is 0 Å². The molecule has 4 aromatic rings. The lowest BCUT2D eigenvalue weighted by molar-refractivity contribution is 0.579. The topological polar surface area (TPSA) is 56.5 Å². The molecule has 0 aliphatic carbocycles. The van der Waals surface area contributed by atoms with Crippen LogP contribution >= 0.6 is 22.7 Å². The van der Waals surface area contributed by atoms with Crippen molar-refractivity contribution in [2.75, 3.05) is 5.73 Å². The molecule has 4 rings (SSSR count). The van der Waals surface area contributed by atoms with Gasteiger partial charge < -0.3 is 10.2 Å². The van der Waals surface area contributed by atoms with Crippen LogP contribution in [-0.4, -0.2) is 9.38 Å². The summed E-state index contributed by atoms with van der Waals surface area (Å²) in [4.78, 5) is 7.80. The standard InChI is InChI=1S/C14H11N3OS2/c1-8-12(9-4-2-6-18-9)17-13(15)11(16-14(17)20-8)10-5-3-7-19-10/h2-7H,15H2,1H3. The van der Waals surface area contributed by atoms with Crippen LogP contribution in [0.1, 0.15) is 4.88 Å². The minimum absolute atomic E-state index is 0.665. The second-order valence-electron chi connectivity index (χ2n) is 4.43. The van der Waals surface area contributed by atoms with Crippen LogP contribution < -0.4 is 5.73 Å². The number of nitrogens with zero attached hydrogens (tertiary/aromatic N) is 2. The smallest absolute Gasteiger partial charge is 0.196 e. The van der Waals surface area contributed by atoms with Gasteiger partial charge in [0.1, 0.15) is 17.2 Å². The largest absolute Gasteiger partial charge is 0.463 e. The normalized spacial score (nSPS) is 11.4. The summed E-state index contributed by atoms with van der Waals surface area (Å²) in [6.07, 6.45) is 1.67. The van der Waals surface area contributed by atoms with Gasteiger partial charge in [-0.25, -0.2) is 4.98 Å². The summed E-state index contributed by atoms with van der Waals surface area (Å²) in [5.74, 6) is 1.48. The van der Waals surface area contributed by atoms with Gasteiger partial charge in [0, 0.05) is 4.88 Å². The fourth-order valence-electron chi connectivity index (χ4n) is 2.33. The molecule has 2 N–H and O–H groups in total. The number of hydrogen-bond acceptors (Lipinski definition) is 5. The number of aromatic nitrogens is 2. The van der Waals surface area contributed by atoms with E-state index in [4.69, 9.17) is 10.2 Å². The summed E-state index contributed by atoms with van der Waals surface area (Å²) >= 11 is 3.27. The van der Waals surface area contributed by atoms with Crippen LogP contribution in [-0.2, 0) is 0 Å². The molecule has 4 heterocycles. The number of nitrogens with two attached hydrogens (primary N) is 1. The molecule has 0 fully saturated rings. The number of fused-ring (bicyclic) bond motifs is 1. The first-order chi connectivity index (χ1) is 9.75. The maximum Gasteiger partial charge on any atom is 0.196 e. The molecule has 0 bridgehead atoms. The Balaban J connectivity index is 2.04. The van der Waals surface area contributed by atoms with E-state index in [0.29, 0.717) is 5.82 Å². The number of nitrogen functional groups attached to an aromatic ring is 1. The van der Waals surface area contributed by atoms with Crippen molar-refractivity contribution in [3.8, 4) is 22.0 Å². The number of furan rings is 1. The Kier molecular flexibility index (Phi) is 2.48. The van der Waals surface area contributed by atoms with E-state index in [-0.39, 0.29) is 0 Å². The molecule has 0 aromatic carbocycles. The third-order valence-corrected chi connectivity index (χ3v) is 5.03. The molecule has 6 heteroatoms. The van der Waals surface area contributed by atoms with E-state index < -0.39 is 0 Å². The highest BCUT2D eigenvalue weighted by atomic mass is 32.1. The van der Waals surface area contributed by atoms with Gasteiger partial charge in [0.05, 0.1) is 11.1 Å². The van der Waals surface area contributed by atoms with E-state index in [0.717, 1.165) is 31.9 Å². The molecule has 0 spiro atoms. The molecule has 0 unspecified atom stereocenters. The molecule has 0 saturated heterocycles. The van der Waals surface area contributed by atoms with Gasteiger partial charge in [-0.1, -0.05) is 6.07 Å². The summed E-state index contributed by atoms with van der Waals surface area (Å²) in [6, 6.07) is 7.86. The number of anilines is 1. The second kappa shape index (κ2) is 4.22. The summed E-state index contributed by atoms with van der Waals surface area (Å²) in [5.41, 5.74) is 8.16. The molecule has 4 nitrogen and oxygen atoms in total. The van der Waals surface area contributed by atoms with Crippen LogP contribution in [0.2, 0.25) is 0 Å². The van der Waals surface area contributed by atoms with Gasteiger partial charge in [0.15, 0.2) is 10.7 Å². The lowest BCUT2D eigenvalue weighted by Crippen LogP contribution is -1.95. The van der Waals surface area contributed by atoms with E-state index in [2.05, 4.69) is 11.9 Å². The molecule has 0 aliphatic rings. The highest BCUT2D eigenvalue weighted by Crippen LogP contribution is 2.38. The Hall–Kier alpha value is -2.05. The minimum Gasteiger partial charge on any atom is -0.463 e. The third-order valence-electron chi connectivity index (χ3n) is 3.19. The van der Waals surface area contributed by atoms with Crippen molar-refractivity contribution in [2.45, 2.75) is 6.92 Å². The Morgan fingerprint density at radius 2 is 2.20 bits per heavy atom. The third kappa shape index (κ3) is 1.55.